The molecule has 150 valence electrons. The number of imidazole rings is 1. The van der Waals surface area contributed by atoms with Gasteiger partial charge in [0.2, 0.25) is 0 Å². The summed E-state index contributed by atoms with van der Waals surface area (Å²) in [5, 5.41) is 11.6. The Morgan fingerprint density at radius 3 is 2.64 bits per heavy atom. The van der Waals surface area contributed by atoms with E-state index in [1.165, 1.54) is 0 Å². The van der Waals surface area contributed by atoms with E-state index in [1.54, 1.807) is 0 Å². The van der Waals surface area contributed by atoms with Crippen molar-refractivity contribution in [3.8, 4) is 11.3 Å². The van der Waals surface area contributed by atoms with E-state index >= 15 is 0 Å². The largest absolute Gasteiger partial charge is 0.357 e. The molecule has 28 heavy (non-hydrogen) atoms. The number of aromatic amines is 1. The average molecular weight is 494 g/mol. The molecule has 0 aliphatic heterocycles. The van der Waals surface area contributed by atoms with Crippen LogP contribution in [-0.2, 0) is 20.1 Å². The molecule has 2 aromatic heterocycles. The van der Waals surface area contributed by atoms with Crippen LogP contribution in [0, 0.1) is 6.92 Å². The fraction of sp³-hybridized carbons (Fsp3) is 0.368. The molecular formula is C19H27IN8. The fourth-order valence-electron chi connectivity index (χ4n) is 2.71. The second-order valence-corrected chi connectivity index (χ2v) is 6.36. The summed E-state index contributed by atoms with van der Waals surface area (Å²) in [6, 6.07) is 10.2. The van der Waals surface area contributed by atoms with Gasteiger partial charge < -0.3 is 19.8 Å². The molecule has 0 amide bonds. The molecule has 2 heterocycles. The maximum absolute atomic E-state index is 4.69. The van der Waals surface area contributed by atoms with Crippen LogP contribution in [0.1, 0.15) is 24.4 Å². The van der Waals surface area contributed by atoms with Crippen LogP contribution in [0.25, 0.3) is 11.3 Å². The van der Waals surface area contributed by atoms with Gasteiger partial charge in [-0.1, -0.05) is 30.3 Å². The lowest BCUT2D eigenvalue weighted by Gasteiger charge is -2.21. The third-order valence-electron chi connectivity index (χ3n) is 4.35. The minimum atomic E-state index is 0. The summed E-state index contributed by atoms with van der Waals surface area (Å²) in [6.45, 7) is 5.86. The van der Waals surface area contributed by atoms with Crippen LogP contribution >= 0.6 is 24.0 Å². The number of benzene rings is 1. The minimum absolute atomic E-state index is 0. The lowest BCUT2D eigenvalue weighted by molar-refractivity contribution is 0.463. The van der Waals surface area contributed by atoms with Crippen molar-refractivity contribution in [3.05, 3.63) is 54.0 Å². The van der Waals surface area contributed by atoms with Gasteiger partial charge >= 0.3 is 0 Å². The Morgan fingerprint density at radius 2 is 2.00 bits per heavy atom. The van der Waals surface area contributed by atoms with Crippen molar-refractivity contribution in [2.75, 3.05) is 13.6 Å². The van der Waals surface area contributed by atoms with E-state index in [2.05, 4.69) is 49.5 Å². The van der Waals surface area contributed by atoms with E-state index in [0.29, 0.717) is 13.1 Å². The molecule has 3 rings (SSSR count). The van der Waals surface area contributed by atoms with E-state index < -0.39 is 0 Å². The highest BCUT2D eigenvalue weighted by atomic mass is 127. The molecule has 0 bridgehead atoms. The second-order valence-electron chi connectivity index (χ2n) is 6.36. The number of rotatable bonds is 6. The molecule has 0 saturated carbocycles. The first kappa shape index (κ1) is 21.9. The highest BCUT2D eigenvalue weighted by Crippen LogP contribution is 2.16. The van der Waals surface area contributed by atoms with Gasteiger partial charge in [0.05, 0.1) is 18.4 Å². The van der Waals surface area contributed by atoms with E-state index in [4.69, 9.17) is 0 Å². The van der Waals surface area contributed by atoms with Crippen molar-refractivity contribution in [1.82, 2.24) is 34.9 Å². The molecule has 0 atom stereocenters. The highest BCUT2D eigenvalue weighted by Gasteiger charge is 2.11. The zero-order chi connectivity index (χ0) is 19.2. The second kappa shape index (κ2) is 10.2. The first-order valence-electron chi connectivity index (χ1n) is 9.02. The van der Waals surface area contributed by atoms with Gasteiger partial charge in [-0.15, -0.1) is 34.2 Å². The van der Waals surface area contributed by atoms with Crippen LogP contribution in [0.5, 0.6) is 0 Å². The summed E-state index contributed by atoms with van der Waals surface area (Å²) in [4.78, 5) is 14.6. The molecule has 0 radical (unpaired) electrons. The SMILES string of the molecule is CCNC(=NCc1nnc(C)n1C)N(C)Cc1ncc(-c2ccccc2)[nH]1.I. The van der Waals surface area contributed by atoms with Gasteiger partial charge in [0.25, 0.3) is 0 Å². The van der Waals surface area contributed by atoms with Crippen LogP contribution < -0.4 is 5.32 Å². The van der Waals surface area contributed by atoms with E-state index in [9.17, 15) is 0 Å². The van der Waals surface area contributed by atoms with Crippen molar-refractivity contribution < 1.29 is 0 Å². The summed E-state index contributed by atoms with van der Waals surface area (Å²) in [5.41, 5.74) is 2.13. The number of H-pyrrole nitrogens is 1. The zero-order valence-corrected chi connectivity index (χ0v) is 19.0. The summed E-state index contributed by atoms with van der Waals surface area (Å²) < 4.78 is 1.95. The Morgan fingerprint density at radius 1 is 1.25 bits per heavy atom. The van der Waals surface area contributed by atoms with Gasteiger partial charge in [-0.05, 0) is 19.4 Å². The number of nitrogens with one attached hydrogen (secondary N) is 2. The number of aliphatic imine (C=N–C) groups is 1. The molecule has 0 aliphatic carbocycles. The van der Waals surface area contributed by atoms with Crippen molar-refractivity contribution in [3.63, 3.8) is 0 Å². The monoisotopic (exact) mass is 494 g/mol. The normalized spacial score (nSPS) is 11.2. The number of hydrogen-bond acceptors (Lipinski definition) is 4. The van der Waals surface area contributed by atoms with Crippen molar-refractivity contribution >= 4 is 29.9 Å². The lowest BCUT2D eigenvalue weighted by Crippen LogP contribution is -2.38. The quantitative estimate of drug-likeness (QED) is 0.313. The number of aryl methyl sites for hydroxylation is 1. The van der Waals surface area contributed by atoms with Crippen LogP contribution in [0.2, 0.25) is 0 Å². The van der Waals surface area contributed by atoms with Crippen LogP contribution in [0.15, 0.2) is 41.5 Å². The third kappa shape index (κ3) is 5.31. The van der Waals surface area contributed by atoms with Crippen LogP contribution in [-0.4, -0.2) is 49.2 Å². The van der Waals surface area contributed by atoms with Gasteiger partial charge in [0.15, 0.2) is 11.8 Å². The van der Waals surface area contributed by atoms with Gasteiger partial charge in [-0.25, -0.2) is 9.98 Å². The molecule has 0 aliphatic rings. The Labute approximate surface area is 182 Å². The molecule has 8 nitrogen and oxygen atoms in total. The Kier molecular flexibility index (Phi) is 7.97. The number of hydrogen-bond donors (Lipinski definition) is 2. The van der Waals surface area contributed by atoms with Gasteiger partial charge in [-0.2, -0.15) is 0 Å². The average Bonchev–Trinajstić information content (AvgIpc) is 3.27. The molecule has 9 heteroatoms. The van der Waals surface area contributed by atoms with Crippen LogP contribution in [0.3, 0.4) is 0 Å². The molecule has 3 aromatic rings. The zero-order valence-electron chi connectivity index (χ0n) is 16.7. The third-order valence-corrected chi connectivity index (χ3v) is 4.35. The first-order chi connectivity index (χ1) is 13.1. The van der Waals surface area contributed by atoms with E-state index in [0.717, 1.165) is 41.2 Å². The smallest absolute Gasteiger partial charge is 0.194 e. The maximum atomic E-state index is 4.69. The standard InChI is InChI=1S/C19H26N8.HI/c1-5-20-19(22-12-18-25-24-14(2)27(18)4)26(3)13-17-21-11-16(23-17)15-9-7-6-8-10-15;/h6-11H,5,12-13H2,1-4H3,(H,20,22)(H,21,23);1H. The molecular weight excluding hydrogens is 467 g/mol. The van der Waals surface area contributed by atoms with E-state index in [-0.39, 0.29) is 24.0 Å². The molecule has 1 aromatic carbocycles. The predicted octanol–water partition coefficient (Wildman–Crippen LogP) is 2.73. The first-order valence-corrected chi connectivity index (χ1v) is 9.02. The van der Waals surface area contributed by atoms with Crippen molar-refractivity contribution in [1.29, 1.82) is 0 Å². The van der Waals surface area contributed by atoms with Crippen molar-refractivity contribution in [2.24, 2.45) is 12.0 Å². The van der Waals surface area contributed by atoms with Gasteiger partial charge in [0, 0.05) is 20.6 Å². The molecule has 0 saturated heterocycles. The fourth-order valence-corrected chi connectivity index (χ4v) is 2.71. The summed E-state index contributed by atoms with van der Waals surface area (Å²) in [6.07, 6.45) is 1.87. The molecule has 0 fully saturated rings. The molecule has 0 unspecified atom stereocenters. The predicted molar refractivity (Wildman–Crippen MR) is 121 cm³/mol. The highest BCUT2D eigenvalue weighted by molar-refractivity contribution is 14.0. The maximum Gasteiger partial charge on any atom is 0.194 e. The minimum Gasteiger partial charge on any atom is -0.357 e. The van der Waals surface area contributed by atoms with Gasteiger partial charge in [-0.3, -0.25) is 0 Å². The number of guanidine groups is 1. The number of nitrogens with zero attached hydrogens (tertiary/aromatic N) is 6. The Hall–Kier alpha value is -2.43. The Balaban J connectivity index is 0.00000280. The summed E-state index contributed by atoms with van der Waals surface area (Å²) in [5.74, 6) is 3.40. The van der Waals surface area contributed by atoms with Crippen LogP contribution in [0.4, 0.5) is 0 Å². The van der Waals surface area contributed by atoms with Crippen molar-refractivity contribution in [2.45, 2.75) is 26.9 Å². The van der Waals surface area contributed by atoms with E-state index in [1.807, 2.05) is 54.9 Å². The summed E-state index contributed by atoms with van der Waals surface area (Å²) in [7, 11) is 3.94. The lowest BCUT2D eigenvalue weighted by atomic mass is 10.2. The summed E-state index contributed by atoms with van der Waals surface area (Å²) >= 11 is 0. The number of halogens is 1. The molecule has 0 spiro atoms. The topological polar surface area (TPSA) is 87.0 Å². The Bertz CT molecular complexity index is 900. The number of aromatic nitrogens is 5. The molecule has 2 N–H and O–H groups in total. The van der Waals surface area contributed by atoms with Gasteiger partial charge in [0.1, 0.15) is 18.2 Å².